The first-order chi connectivity index (χ1) is 7.70. The maximum atomic E-state index is 11.1. The van der Waals surface area contributed by atoms with Gasteiger partial charge in [0, 0.05) is 12.7 Å². The van der Waals surface area contributed by atoms with E-state index >= 15 is 0 Å². The van der Waals surface area contributed by atoms with Gasteiger partial charge in [-0.25, -0.2) is 4.79 Å². The Kier molecular flexibility index (Phi) is 3.08. The Hall–Kier alpha value is -1.58. The molecule has 0 radical (unpaired) electrons. The number of rotatable bonds is 1. The van der Waals surface area contributed by atoms with E-state index in [1.54, 1.807) is 6.20 Å². The highest BCUT2D eigenvalue weighted by atomic mass is 16.4. The molecule has 0 bridgehead atoms. The molecule has 1 aliphatic rings. The molecular formula is C12H16N2O2. The Morgan fingerprint density at radius 2 is 2.50 bits per heavy atom. The number of carboxylic acid groups (broad SMARTS) is 1. The molecule has 0 saturated heterocycles. The van der Waals surface area contributed by atoms with Gasteiger partial charge in [-0.05, 0) is 24.0 Å². The number of aromatic nitrogens is 1. The maximum absolute atomic E-state index is 11.1. The molecule has 1 N–H and O–H groups in total. The van der Waals surface area contributed by atoms with E-state index < -0.39 is 6.09 Å². The van der Waals surface area contributed by atoms with Crippen molar-refractivity contribution in [1.29, 1.82) is 0 Å². The minimum Gasteiger partial charge on any atom is -0.465 e. The van der Waals surface area contributed by atoms with E-state index in [1.165, 1.54) is 10.5 Å². The van der Waals surface area contributed by atoms with Crippen LogP contribution in [0.4, 0.5) is 4.79 Å². The number of nitrogens with zero attached hydrogens (tertiary/aromatic N) is 2. The van der Waals surface area contributed by atoms with Crippen molar-refractivity contribution in [1.82, 2.24) is 9.88 Å². The lowest BCUT2D eigenvalue weighted by atomic mass is 9.97. The zero-order valence-electron chi connectivity index (χ0n) is 9.39. The molecule has 0 aliphatic carbocycles. The van der Waals surface area contributed by atoms with E-state index in [4.69, 9.17) is 5.11 Å². The number of hydrogen-bond acceptors (Lipinski definition) is 2. The summed E-state index contributed by atoms with van der Waals surface area (Å²) in [5, 5.41) is 9.10. The fraction of sp³-hybridized carbons (Fsp3) is 0.500. The van der Waals surface area contributed by atoms with Gasteiger partial charge in [0.25, 0.3) is 0 Å². The van der Waals surface area contributed by atoms with Crippen molar-refractivity contribution >= 4 is 6.09 Å². The molecule has 1 amide bonds. The molecule has 1 aromatic heterocycles. The molecule has 0 spiro atoms. The highest BCUT2D eigenvalue weighted by molar-refractivity contribution is 5.65. The highest BCUT2D eigenvalue weighted by Crippen LogP contribution is 2.22. The van der Waals surface area contributed by atoms with Crippen LogP contribution in [0.5, 0.6) is 0 Å². The van der Waals surface area contributed by atoms with E-state index in [0.717, 1.165) is 18.5 Å². The van der Waals surface area contributed by atoms with Crippen molar-refractivity contribution < 1.29 is 9.90 Å². The molecule has 0 fully saturated rings. The van der Waals surface area contributed by atoms with Crippen LogP contribution in [0.15, 0.2) is 18.3 Å². The molecule has 16 heavy (non-hydrogen) atoms. The Balaban J connectivity index is 2.30. The third-order valence-corrected chi connectivity index (χ3v) is 3.16. The van der Waals surface area contributed by atoms with E-state index in [1.807, 2.05) is 6.07 Å². The summed E-state index contributed by atoms with van der Waals surface area (Å²) in [5.41, 5.74) is 2.10. The van der Waals surface area contributed by atoms with E-state index in [9.17, 15) is 4.79 Å². The Bertz CT molecular complexity index is 392. The summed E-state index contributed by atoms with van der Waals surface area (Å²) in [4.78, 5) is 16.8. The Morgan fingerprint density at radius 1 is 1.69 bits per heavy atom. The van der Waals surface area contributed by atoms with Crippen molar-refractivity contribution in [2.75, 3.05) is 6.54 Å². The minimum atomic E-state index is -0.850. The molecule has 0 unspecified atom stereocenters. The van der Waals surface area contributed by atoms with Crippen molar-refractivity contribution in [3.8, 4) is 0 Å². The first-order valence-corrected chi connectivity index (χ1v) is 5.61. The summed E-state index contributed by atoms with van der Waals surface area (Å²) in [5.74, 6) is 0.404. The molecule has 1 aromatic rings. The standard InChI is InChI=1S/C12H16N2O2/c1-2-9-6-10-4-3-5-13-11(10)8-14(7-9)12(15)16/h3-5,9H,2,6-8H2,1H3,(H,15,16)/t9-/m1/s1. The van der Waals surface area contributed by atoms with Gasteiger partial charge < -0.3 is 10.0 Å². The average molecular weight is 220 g/mol. The smallest absolute Gasteiger partial charge is 0.407 e. The number of amides is 1. The van der Waals surface area contributed by atoms with Crippen molar-refractivity contribution in [2.45, 2.75) is 26.3 Å². The summed E-state index contributed by atoms with van der Waals surface area (Å²) in [7, 11) is 0. The SMILES string of the molecule is CC[C@@H]1Cc2cccnc2CN(C(=O)O)C1. The quantitative estimate of drug-likeness (QED) is 0.789. The van der Waals surface area contributed by atoms with Gasteiger partial charge in [0.05, 0.1) is 12.2 Å². The van der Waals surface area contributed by atoms with Crippen LogP contribution in [0.2, 0.25) is 0 Å². The molecule has 86 valence electrons. The van der Waals surface area contributed by atoms with Gasteiger partial charge in [-0.3, -0.25) is 4.98 Å². The van der Waals surface area contributed by atoms with E-state index in [2.05, 4.69) is 18.0 Å². The predicted molar refractivity (Wildman–Crippen MR) is 60.2 cm³/mol. The van der Waals surface area contributed by atoms with Gasteiger partial charge in [0.2, 0.25) is 0 Å². The summed E-state index contributed by atoms with van der Waals surface area (Å²) >= 11 is 0. The second-order valence-corrected chi connectivity index (χ2v) is 4.25. The summed E-state index contributed by atoms with van der Waals surface area (Å²) in [6, 6.07) is 3.97. The summed E-state index contributed by atoms with van der Waals surface area (Å²) in [6.07, 6.45) is 2.81. The number of hydrogen-bond donors (Lipinski definition) is 1. The Labute approximate surface area is 94.9 Å². The largest absolute Gasteiger partial charge is 0.465 e. The van der Waals surface area contributed by atoms with Crippen LogP contribution >= 0.6 is 0 Å². The van der Waals surface area contributed by atoms with Crippen LogP contribution in [0, 0.1) is 5.92 Å². The highest BCUT2D eigenvalue weighted by Gasteiger charge is 2.24. The monoisotopic (exact) mass is 220 g/mol. The molecule has 2 rings (SSSR count). The van der Waals surface area contributed by atoms with Crippen molar-refractivity contribution in [2.24, 2.45) is 5.92 Å². The van der Waals surface area contributed by atoms with Gasteiger partial charge in [-0.15, -0.1) is 0 Å². The van der Waals surface area contributed by atoms with Gasteiger partial charge in [-0.1, -0.05) is 19.4 Å². The number of fused-ring (bicyclic) bond motifs is 1. The summed E-state index contributed by atoms with van der Waals surface area (Å²) in [6.45, 7) is 3.14. The molecule has 4 heteroatoms. The van der Waals surface area contributed by atoms with Crippen LogP contribution in [0.25, 0.3) is 0 Å². The topological polar surface area (TPSA) is 53.4 Å². The first kappa shape index (κ1) is 10.9. The average Bonchev–Trinajstić information content (AvgIpc) is 2.47. The molecular weight excluding hydrogens is 204 g/mol. The fourth-order valence-electron chi connectivity index (χ4n) is 2.15. The molecule has 4 nitrogen and oxygen atoms in total. The molecule has 2 heterocycles. The molecule has 0 saturated carbocycles. The third-order valence-electron chi connectivity index (χ3n) is 3.16. The van der Waals surface area contributed by atoms with Crippen LogP contribution in [-0.4, -0.2) is 27.6 Å². The molecule has 1 aliphatic heterocycles. The van der Waals surface area contributed by atoms with Crippen molar-refractivity contribution in [3.05, 3.63) is 29.6 Å². The third kappa shape index (κ3) is 2.15. The zero-order chi connectivity index (χ0) is 11.5. The van der Waals surface area contributed by atoms with Gasteiger partial charge in [0.15, 0.2) is 0 Å². The normalized spacial score (nSPS) is 20.1. The number of carbonyl (C=O) groups is 1. The van der Waals surface area contributed by atoms with Crippen LogP contribution in [-0.2, 0) is 13.0 Å². The number of pyridine rings is 1. The van der Waals surface area contributed by atoms with E-state index in [0.29, 0.717) is 19.0 Å². The van der Waals surface area contributed by atoms with Crippen LogP contribution in [0.1, 0.15) is 24.6 Å². The van der Waals surface area contributed by atoms with Gasteiger partial charge >= 0.3 is 6.09 Å². The molecule has 1 atom stereocenters. The second kappa shape index (κ2) is 4.51. The van der Waals surface area contributed by atoms with Crippen LogP contribution in [0.3, 0.4) is 0 Å². The first-order valence-electron chi connectivity index (χ1n) is 5.61. The second-order valence-electron chi connectivity index (χ2n) is 4.25. The van der Waals surface area contributed by atoms with Crippen LogP contribution < -0.4 is 0 Å². The van der Waals surface area contributed by atoms with Crippen molar-refractivity contribution in [3.63, 3.8) is 0 Å². The summed E-state index contributed by atoms with van der Waals surface area (Å²) < 4.78 is 0. The fourth-order valence-corrected chi connectivity index (χ4v) is 2.15. The zero-order valence-corrected chi connectivity index (χ0v) is 9.39. The minimum absolute atomic E-state index is 0.404. The van der Waals surface area contributed by atoms with Gasteiger partial charge in [-0.2, -0.15) is 0 Å². The lowest BCUT2D eigenvalue weighted by molar-refractivity contribution is 0.134. The Morgan fingerprint density at radius 3 is 3.19 bits per heavy atom. The maximum Gasteiger partial charge on any atom is 0.407 e. The predicted octanol–water partition coefficient (Wildman–Crippen LogP) is 2.14. The van der Waals surface area contributed by atoms with E-state index in [-0.39, 0.29) is 0 Å². The van der Waals surface area contributed by atoms with Gasteiger partial charge in [0.1, 0.15) is 0 Å². The molecule has 0 aromatic carbocycles. The lowest BCUT2D eigenvalue weighted by Gasteiger charge is -2.20. The lowest BCUT2D eigenvalue weighted by Crippen LogP contribution is -2.32.